The molecule has 1 N–H and O–H groups in total. The molecule has 1 saturated heterocycles. The Morgan fingerprint density at radius 3 is 2.26 bits per heavy atom. The summed E-state index contributed by atoms with van der Waals surface area (Å²) >= 11 is 0. The SMILES string of the molecule is CCOC(=O)N1CCN(c2ccc(NC(=O)C(C)C)cc2)CC1. The molecule has 1 aromatic rings. The largest absolute Gasteiger partial charge is 0.450 e. The number of amides is 2. The molecule has 0 radical (unpaired) electrons. The molecule has 0 atom stereocenters. The molecule has 1 aliphatic heterocycles. The standard InChI is InChI=1S/C17H25N3O3/c1-4-23-17(22)20-11-9-19(10-12-20)15-7-5-14(6-8-15)18-16(21)13(2)3/h5-8,13H,4,9-12H2,1-3H3,(H,18,21). The van der Waals surface area contributed by atoms with Gasteiger partial charge >= 0.3 is 6.09 Å². The van der Waals surface area contributed by atoms with Crippen LogP contribution in [0.3, 0.4) is 0 Å². The first-order chi connectivity index (χ1) is 11.0. The number of benzene rings is 1. The summed E-state index contributed by atoms with van der Waals surface area (Å²) in [5, 5.41) is 2.88. The molecule has 2 rings (SSSR count). The minimum Gasteiger partial charge on any atom is -0.450 e. The van der Waals surface area contributed by atoms with E-state index in [1.807, 2.05) is 45.0 Å². The molecule has 23 heavy (non-hydrogen) atoms. The highest BCUT2D eigenvalue weighted by molar-refractivity contribution is 5.92. The molecule has 1 fully saturated rings. The highest BCUT2D eigenvalue weighted by Gasteiger charge is 2.22. The van der Waals surface area contributed by atoms with Crippen LogP contribution in [-0.2, 0) is 9.53 Å². The Labute approximate surface area is 137 Å². The van der Waals surface area contributed by atoms with Gasteiger partial charge in [0.1, 0.15) is 0 Å². The highest BCUT2D eigenvalue weighted by Crippen LogP contribution is 2.20. The average molecular weight is 319 g/mol. The molecule has 1 heterocycles. The fourth-order valence-electron chi connectivity index (χ4n) is 2.40. The lowest BCUT2D eigenvalue weighted by Gasteiger charge is -2.35. The number of ether oxygens (including phenoxy) is 1. The Balaban J connectivity index is 1.89. The van der Waals surface area contributed by atoms with Crippen molar-refractivity contribution >= 4 is 23.4 Å². The summed E-state index contributed by atoms with van der Waals surface area (Å²) in [5.74, 6) is -0.0218. The van der Waals surface area contributed by atoms with Gasteiger partial charge in [0.15, 0.2) is 0 Å². The third-order valence-corrected chi connectivity index (χ3v) is 3.83. The van der Waals surface area contributed by atoms with Crippen LogP contribution in [0.5, 0.6) is 0 Å². The predicted octanol–water partition coefficient (Wildman–Crippen LogP) is 2.56. The van der Waals surface area contributed by atoms with Gasteiger partial charge in [-0.2, -0.15) is 0 Å². The minimum absolute atomic E-state index is 0.0146. The molecule has 0 aromatic heterocycles. The highest BCUT2D eigenvalue weighted by atomic mass is 16.6. The zero-order valence-electron chi connectivity index (χ0n) is 14.0. The molecular weight excluding hydrogens is 294 g/mol. The van der Waals surface area contributed by atoms with Gasteiger partial charge < -0.3 is 19.9 Å². The van der Waals surface area contributed by atoms with Crippen LogP contribution < -0.4 is 10.2 Å². The molecule has 0 unspecified atom stereocenters. The number of rotatable bonds is 4. The molecule has 0 aliphatic carbocycles. The zero-order chi connectivity index (χ0) is 16.8. The maximum absolute atomic E-state index is 11.7. The van der Waals surface area contributed by atoms with Gasteiger partial charge in [-0.15, -0.1) is 0 Å². The smallest absolute Gasteiger partial charge is 0.409 e. The molecule has 0 bridgehead atoms. The topological polar surface area (TPSA) is 61.9 Å². The second-order valence-electron chi connectivity index (χ2n) is 5.86. The van der Waals surface area contributed by atoms with Crippen LogP contribution in [-0.4, -0.2) is 49.7 Å². The molecule has 1 aromatic carbocycles. The maximum atomic E-state index is 11.7. The van der Waals surface area contributed by atoms with E-state index in [4.69, 9.17) is 4.74 Å². The van der Waals surface area contributed by atoms with Crippen molar-refractivity contribution in [2.24, 2.45) is 5.92 Å². The summed E-state index contributed by atoms with van der Waals surface area (Å²) in [6.07, 6.45) is -0.237. The lowest BCUT2D eigenvalue weighted by Crippen LogP contribution is -2.49. The van der Waals surface area contributed by atoms with E-state index in [1.165, 1.54) is 0 Å². The monoisotopic (exact) mass is 319 g/mol. The van der Waals surface area contributed by atoms with E-state index in [9.17, 15) is 9.59 Å². The first-order valence-corrected chi connectivity index (χ1v) is 8.09. The molecule has 1 aliphatic rings. The van der Waals surface area contributed by atoms with Crippen LogP contribution >= 0.6 is 0 Å². The van der Waals surface area contributed by atoms with Gasteiger partial charge in [0.2, 0.25) is 5.91 Å². The first-order valence-electron chi connectivity index (χ1n) is 8.09. The maximum Gasteiger partial charge on any atom is 0.409 e. The van der Waals surface area contributed by atoms with E-state index in [0.717, 1.165) is 24.5 Å². The van der Waals surface area contributed by atoms with Crippen molar-refractivity contribution in [3.05, 3.63) is 24.3 Å². The van der Waals surface area contributed by atoms with Crippen molar-refractivity contribution in [3.8, 4) is 0 Å². The van der Waals surface area contributed by atoms with Crippen molar-refractivity contribution in [3.63, 3.8) is 0 Å². The van der Waals surface area contributed by atoms with Crippen LogP contribution in [0.25, 0.3) is 0 Å². The number of nitrogens with one attached hydrogen (secondary N) is 1. The predicted molar refractivity (Wildman–Crippen MR) is 90.7 cm³/mol. The lowest BCUT2D eigenvalue weighted by molar-refractivity contribution is -0.118. The Morgan fingerprint density at radius 2 is 1.74 bits per heavy atom. The van der Waals surface area contributed by atoms with Gasteiger partial charge in [0, 0.05) is 43.5 Å². The summed E-state index contributed by atoms with van der Waals surface area (Å²) in [5.41, 5.74) is 1.90. The molecule has 0 saturated carbocycles. The van der Waals surface area contributed by atoms with Gasteiger partial charge in [-0.05, 0) is 31.2 Å². The number of piperazine rings is 1. The number of hydrogen-bond donors (Lipinski definition) is 1. The van der Waals surface area contributed by atoms with Crippen molar-refractivity contribution in [2.45, 2.75) is 20.8 Å². The van der Waals surface area contributed by atoms with E-state index < -0.39 is 0 Å². The van der Waals surface area contributed by atoms with E-state index in [0.29, 0.717) is 19.7 Å². The summed E-state index contributed by atoms with van der Waals surface area (Å²) < 4.78 is 5.02. The molecule has 2 amide bonds. The van der Waals surface area contributed by atoms with E-state index in [2.05, 4.69) is 10.2 Å². The number of nitrogens with zero attached hydrogens (tertiary/aromatic N) is 2. The van der Waals surface area contributed by atoms with Gasteiger partial charge in [0.25, 0.3) is 0 Å². The molecule has 0 spiro atoms. The second-order valence-corrected chi connectivity index (χ2v) is 5.86. The number of carbonyl (C=O) groups excluding carboxylic acids is 2. The van der Waals surface area contributed by atoms with Crippen LogP contribution in [0.15, 0.2) is 24.3 Å². The zero-order valence-corrected chi connectivity index (χ0v) is 14.0. The van der Waals surface area contributed by atoms with Crippen LogP contribution in [0.4, 0.5) is 16.2 Å². The quantitative estimate of drug-likeness (QED) is 0.926. The molecule has 126 valence electrons. The number of anilines is 2. The van der Waals surface area contributed by atoms with Gasteiger partial charge in [-0.3, -0.25) is 4.79 Å². The fraction of sp³-hybridized carbons (Fsp3) is 0.529. The summed E-state index contributed by atoms with van der Waals surface area (Å²) in [7, 11) is 0. The lowest BCUT2D eigenvalue weighted by atomic mass is 10.2. The Kier molecular flexibility index (Phi) is 5.84. The van der Waals surface area contributed by atoms with Crippen molar-refractivity contribution in [2.75, 3.05) is 43.0 Å². The normalized spacial score (nSPS) is 14.8. The van der Waals surface area contributed by atoms with E-state index in [-0.39, 0.29) is 17.9 Å². The number of carbonyl (C=O) groups is 2. The Morgan fingerprint density at radius 1 is 1.13 bits per heavy atom. The number of hydrogen-bond acceptors (Lipinski definition) is 4. The summed E-state index contributed by atoms with van der Waals surface area (Å²) in [6.45, 7) is 8.82. The molecular formula is C17H25N3O3. The minimum atomic E-state index is -0.237. The van der Waals surface area contributed by atoms with Gasteiger partial charge in [0.05, 0.1) is 6.61 Å². The van der Waals surface area contributed by atoms with E-state index >= 15 is 0 Å². The van der Waals surface area contributed by atoms with Crippen LogP contribution in [0.2, 0.25) is 0 Å². The van der Waals surface area contributed by atoms with Crippen molar-refractivity contribution < 1.29 is 14.3 Å². The first kappa shape index (κ1) is 17.1. The van der Waals surface area contributed by atoms with Crippen LogP contribution in [0, 0.1) is 5.92 Å². The van der Waals surface area contributed by atoms with Crippen molar-refractivity contribution in [1.29, 1.82) is 0 Å². The van der Waals surface area contributed by atoms with E-state index in [1.54, 1.807) is 4.90 Å². The van der Waals surface area contributed by atoms with Gasteiger partial charge in [-0.25, -0.2) is 4.79 Å². The fourth-order valence-corrected chi connectivity index (χ4v) is 2.40. The third-order valence-electron chi connectivity index (χ3n) is 3.83. The van der Waals surface area contributed by atoms with Crippen LogP contribution in [0.1, 0.15) is 20.8 Å². The molecule has 6 nitrogen and oxygen atoms in total. The average Bonchev–Trinajstić information content (AvgIpc) is 2.56. The Bertz CT molecular complexity index is 535. The molecule has 6 heteroatoms. The Hall–Kier alpha value is -2.24. The van der Waals surface area contributed by atoms with Crippen molar-refractivity contribution in [1.82, 2.24) is 4.90 Å². The summed E-state index contributed by atoms with van der Waals surface area (Å²) in [6, 6.07) is 7.81. The van der Waals surface area contributed by atoms with Gasteiger partial charge in [-0.1, -0.05) is 13.8 Å². The third kappa shape index (κ3) is 4.61. The second kappa shape index (κ2) is 7.85. The summed E-state index contributed by atoms with van der Waals surface area (Å²) in [4.78, 5) is 27.3.